The van der Waals surface area contributed by atoms with E-state index >= 15 is 0 Å². The molecule has 1 fully saturated rings. The van der Waals surface area contributed by atoms with E-state index in [1.54, 1.807) is 4.90 Å². The first-order valence-electron chi connectivity index (χ1n) is 7.47. The third-order valence-electron chi connectivity index (χ3n) is 3.77. The number of hydrogen-bond acceptors (Lipinski definition) is 2. The van der Waals surface area contributed by atoms with Crippen molar-refractivity contribution in [1.82, 2.24) is 10.2 Å². The zero-order valence-electron chi connectivity index (χ0n) is 12.1. The van der Waals surface area contributed by atoms with E-state index in [2.05, 4.69) is 24.4 Å². The Morgan fingerprint density at radius 3 is 2.75 bits per heavy atom. The number of aliphatic hydroxyl groups is 1. The Balaban J connectivity index is 1.82. The minimum absolute atomic E-state index is 0.0178. The van der Waals surface area contributed by atoms with Gasteiger partial charge in [-0.15, -0.1) is 0 Å². The van der Waals surface area contributed by atoms with Crippen LogP contribution < -0.4 is 5.32 Å². The molecule has 0 radical (unpaired) electrons. The lowest BCUT2D eigenvalue weighted by atomic mass is 10.1. The molecule has 0 heterocycles. The normalized spacial score (nSPS) is 20.5. The summed E-state index contributed by atoms with van der Waals surface area (Å²) < 4.78 is 0. The van der Waals surface area contributed by atoms with Gasteiger partial charge >= 0.3 is 6.03 Å². The molecule has 0 saturated heterocycles. The molecule has 1 saturated carbocycles. The predicted molar refractivity (Wildman–Crippen MR) is 79.7 cm³/mol. The molecule has 2 atom stereocenters. The minimum atomic E-state index is -0.0454. The number of carbonyl (C=O) groups excluding carboxylic acids is 1. The van der Waals surface area contributed by atoms with E-state index in [0.717, 1.165) is 19.3 Å². The molecule has 1 aromatic carbocycles. The Kier molecular flexibility index (Phi) is 5.41. The van der Waals surface area contributed by atoms with Crippen molar-refractivity contribution in [2.75, 3.05) is 19.7 Å². The standard InChI is InChI=1S/C16H24N2O2/c1-2-3-9-18(10-11-19)16(20)17-15-12-14(15)13-7-5-4-6-8-13/h4-8,14-15,19H,2-3,9-12H2,1H3,(H,17,20). The average Bonchev–Trinajstić information content (AvgIpc) is 3.23. The summed E-state index contributed by atoms with van der Waals surface area (Å²) in [6, 6.07) is 10.5. The van der Waals surface area contributed by atoms with E-state index in [1.807, 2.05) is 18.2 Å². The van der Waals surface area contributed by atoms with Crippen molar-refractivity contribution in [3.8, 4) is 0 Å². The van der Waals surface area contributed by atoms with Gasteiger partial charge < -0.3 is 15.3 Å². The van der Waals surface area contributed by atoms with Crippen LogP contribution in [-0.2, 0) is 0 Å². The number of urea groups is 1. The van der Waals surface area contributed by atoms with Gasteiger partial charge in [-0.1, -0.05) is 43.7 Å². The first-order valence-corrected chi connectivity index (χ1v) is 7.47. The van der Waals surface area contributed by atoms with Crippen LogP contribution in [0.25, 0.3) is 0 Å². The topological polar surface area (TPSA) is 52.6 Å². The number of amides is 2. The molecule has 0 spiro atoms. The number of rotatable bonds is 7. The molecule has 4 heteroatoms. The maximum absolute atomic E-state index is 12.2. The van der Waals surface area contributed by atoms with Crippen LogP contribution in [-0.4, -0.2) is 41.8 Å². The summed E-state index contributed by atoms with van der Waals surface area (Å²) in [7, 11) is 0. The molecule has 1 aliphatic rings. The van der Waals surface area contributed by atoms with E-state index in [4.69, 9.17) is 5.11 Å². The summed E-state index contributed by atoms with van der Waals surface area (Å²) in [5.74, 6) is 0.447. The number of hydrogen-bond donors (Lipinski definition) is 2. The van der Waals surface area contributed by atoms with Crippen molar-refractivity contribution < 1.29 is 9.90 Å². The van der Waals surface area contributed by atoms with Crippen molar-refractivity contribution in [3.63, 3.8) is 0 Å². The van der Waals surface area contributed by atoms with Gasteiger partial charge in [0.1, 0.15) is 0 Å². The van der Waals surface area contributed by atoms with Gasteiger partial charge in [0, 0.05) is 25.0 Å². The fourth-order valence-electron chi connectivity index (χ4n) is 2.46. The van der Waals surface area contributed by atoms with E-state index in [1.165, 1.54) is 5.56 Å². The molecule has 2 rings (SSSR count). The molecule has 4 nitrogen and oxygen atoms in total. The van der Waals surface area contributed by atoms with Crippen LogP contribution >= 0.6 is 0 Å². The number of benzene rings is 1. The van der Waals surface area contributed by atoms with E-state index < -0.39 is 0 Å². The van der Waals surface area contributed by atoms with Gasteiger partial charge in [-0.05, 0) is 18.4 Å². The molecule has 2 N–H and O–H groups in total. The van der Waals surface area contributed by atoms with Crippen molar-refractivity contribution in [1.29, 1.82) is 0 Å². The monoisotopic (exact) mass is 276 g/mol. The lowest BCUT2D eigenvalue weighted by Gasteiger charge is -2.22. The summed E-state index contributed by atoms with van der Waals surface area (Å²) in [6.45, 7) is 3.24. The number of carbonyl (C=O) groups is 1. The smallest absolute Gasteiger partial charge is 0.317 e. The molecule has 0 aromatic heterocycles. The second-order valence-electron chi connectivity index (χ2n) is 5.37. The number of nitrogens with zero attached hydrogens (tertiary/aromatic N) is 1. The van der Waals surface area contributed by atoms with Crippen LogP contribution in [0.5, 0.6) is 0 Å². The summed E-state index contributed by atoms with van der Waals surface area (Å²) in [5.41, 5.74) is 1.29. The van der Waals surface area contributed by atoms with Crippen molar-refractivity contribution in [2.24, 2.45) is 0 Å². The highest BCUT2D eigenvalue weighted by Gasteiger charge is 2.39. The molecule has 20 heavy (non-hydrogen) atoms. The van der Waals surface area contributed by atoms with E-state index in [-0.39, 0.29) is 18.7 Å². The van der Waals surface area contributed by atoms with E-state index in [0.29, 0.717) is 19.0 Å². The predicted octanol–water partition coefficient (Wildman–Crippen LogP) is 2.35. The van der Waals surface area contributed by atoms with Gasteiger partial charge in [0.25, 0.3) is 0 Å². The van der Waals surface area contributed by atoms with Gasteiger partial charge in [-0.2, -0.15) is 0 Å². The van der Waals surface area contributed by atoms with E-state index in [9.17, 15) is 4.79 Å². The largest absolute Gasteiger partial charge is 0.395 e. The highest BCUT2D eigenvalue weighted by atomic mass is 16.3. The Morgan fingerprint density at radius 2 is 2.10 bits per heavy atom. The first kappa shape index (κ1) is 14.9. The SMILES string of the molecule is CCCCN(CCO)C(=O)NC1CC1c1ccccc1. The molecule has 0 aliphatic heterocycles. The lowest BCUT2D eigenvalue weighted by Crippen LogP contribution is -2.43. The van der Waals surface area contributed by atoms with Crippen LogP contribution in [0.2, 0.25) is 0 Å². The summed E-state index contributed by atoms with van der Waals surface area (Å²) in [4.78, 5) is 13.9. The molecule has 2 unspecified atom stereocenters. The van der Waals surface area contributed by atoms with Gasteiger partial charge in [0.05, 0.1) is 6.61 Å². The number of aliphatic hydroxyl groups excluding tert-OH is 1. The Bertz CT molecular complexity index is 422. The summed E-state index contributed by atoms with van der Waals surface area (Å²) >= 11 is 0. The Hall–Kier alpha value is -1.55. The third-order valence-corrected chi connectivity index (χ3v) is 3.77. The molecule has 1 aliphatic carbocycles. The van der Waals surface area contributed by atoms with Crippen LogP contribution in [0.15, 0.2) is 30.3 Å². The van der Waals surface area contributed by atoms with Gasteiger partial charge in [0.15, 0.2) is 0 Å². The lowest BCUT2D eigenvalue weighted by molar-refractivity contribution is 0.175. The van der Waals surface area contributed by atoms with Crippen LogP contribution in [0.4, 0.5) is 4.79 Å². The zero-order valence-corrected chi connectivity index (χ0v) is 12.1. The number of unbranched alkanes of at least 4 members (excludes halogenated alkanes) is 1. The highest BCUT2D eigenvalue weighted by molar-refractivity contribution is 5.75. The van der Waals surface area contributed by atoms with Crippen LogP contribution in [0.3, 0.4) is 0 Å². The second kappa shape index (κ2) is 7.29. The maximum atomic E-state index is 12.2. The van der Waals surface area contributed by atoms with Gasteiger partial charge in [0.2, 0.25) is 0 Å². The molecular weight excluding hydrogens is 252 g/mol. The van der Waals surface area contributed by atoms with Crippen LogP contribution in [0.1, 0.15) is 37.7 Å². The van der Waals surface area contributed by atoms with Crippen molar-refractivity contribution in [3.05, 3.63) is 35.9 Å². The number of nitrogens with one attached hydrogen (secondary N) is 1. The molecule has 2 amide bonds. The molecule has 110 valence electrons. The Morgan fingerprint density at radius 1 is 1.35 bits per heavy atom. The quantitative estimate of drug-likeness (QED) is 0.803. The van der Waals surface area contributed by atoms with Gasteiger partial charge in [-0.25, -0.2) is 4.79 Å². The summed E-state index contributed by atoms with van der Waals surface area (Å²) in [5, 5.41) is 12.1. The first-order chi connectivity index (χ1) is 9.76. The minimum Gasteiger partial charge on any atom is -0.395 e. The second-order valence-corrected chi connectivity index (χ2v) is 5.37. The Labute approximate surface area is 120 Å². The maximum Gasteiger partial charge on any atom is 0.317 e. The fourth-order valence-corrected chi connectivity index (χ4v) is 2.46. The molecular formula is C16H24N2O2. The van der Waals surface area contributed by atoms with Crippen molar-refractivity contribution >= 4 is 6.03 Å². The molecule has 0 bridgehead atoms. The average molecular weight is 276 g/mol. The zero-order chi connectivity index (χ0) is 14.4. The van der Waals surface area contributed by atoms with Gasteiger partial charge in [-0.3, -0.25) is 0 Å². The van der Waals surface area contributed by atoms with Crippen LogP contribution in [0, 0.1) is 0 Å². The fraction of sp³-hybridized carbons (Fsp3) is 0.562. The highest BCUT2D eigenvalue weighted by Crippen LogP contribution is 2.40. The molecule has 1 aromatic rings. The summed E-state index contributed by atoms with van der Waals surface area (Å²) in [6.07, 6.45) is 3.03. The third kappa shape index (κ3) is 3.97. The van der Waals surface area contributed by atoms with Crippen molar-refractivity contribution in [2.45, 2.75) is 38.1 Å².